The van der Waals surface area contributed by atoms with Crippen molar-refractivity contribution in [1.82, 2.24) is 4.98 Å². The van der Waals surface area contributed by atoms with E-state index in [4.69, 9.17) is 33.2 Å². The second-order valence-electron chi connectivity index (χ2n) is 10.7. The van der Waals surface area contributed by atoms with E-state index in [0.717, 1.165) is 11.3 Å². The van der Waals surface area contributed by atoms with E-state index in [1.54, 1.807) is 28.1 Å². The predicted octanol–water partition coefficient (Wildman–Crippen LogP) is 5.48. The van der Waals surface area contributed by atoms with E-state index >= 15 is 0 Å². The Morgan fingerprint density at radius 2 is 1.59 bits per heavy atom. The van der Waals surface area contributed by atoms with Gasteiger partial charge in [0.15, 0.2) is 23.0 Å². The van der Waals surface area contributed by atoms with Gasteiger partial charge in [-0.15, -0.1) is 0 Å². The van der Waals surface area contributed by atoms with Gasteiger partial charge < -0.3 is 33.2 Å². The van der Waals surface area contributed by atoms with Gasteiger partial charge >= 0.3 is 11.9 Å². The molecule has 4 atom stereocenters. The Balaban J connectivity index is 1.78. The first-order chi connectivity index (χ1) is 22.2. The molecular weight excluding hydrogens is 594 g/mol. The molecule has 0 unspecified atom stereocenters. The second-order valence-corrected chi connectivity index (χ2v) is 10.7. The van der Waals surface area contributed by atoms with Crippen molar-refractivity contribution < 1.29 is 47.5 Å². The highest BCUT2D eigenvalue weighted by Crippen LogP contribution is 2.32. The van der Waals surface area contributed by atoms with Crippen LogP contribution in [-0.2, 0) is 30.2 Å². The zero-order valence-electron chi connectivity index (χ0n) is 27.2. The van der Waals surface area contributed by atoms with Crippen LogP contribution in [0, 0.1) is 11.8 Å². The summed E-state index contributed by atoms with van der Waals surface area (Å²) in [6.07, 6.45) is 1.26. The van der Waals surface area contributed by atoms with Crippen molar-refractivity contribution >= 4 is 17.7 Å². The molecule has 0 radical (unpaired) electrons. The number of Topliss-reactive ketones (excluding diaryl/α,β-unsaturated/α-hetero) is 1. The molecule has 3 rings (SSSR count). The Morgan fingerprint density at radius 1 is 0.870 bits per heavy atom. The molecule has 46 heavy (non-hydrogen) atoms. The van der Waals surface area contributed by atoms with Gasteiger partial charge in [-0.1, -0.05) is 37.3 Å². The van der Waals surface area contributed by atoms with Crippen molar-refractivity contribution in [1.29, 1.82) is 0 Å². The molecule has 248 valence electrons. The summed E-state index contributed by atoms with van der Waals surface area (Å²) in [6.45, 7) is 4.68. The monoisotopic (exact) mass is 637 g/mol. The van der Waals surface area contributed by atoms with Crippen molar-refractivity contribution in [3.63, 3.8) is 0 Å². The number of hydrogen-bond acceptors (Lipinski definition) is 11. The zero-order chi connectivity index (χ0) is 33.5. The van der Waals surface area contributed by atoms with Crippen LogP contribution in [0.2, 0.25) is 0 Å². The number of ketones is 1. The minimum atomic E-state index is -0.819. The lowest BCUT2D eigenvalue weighted by Crippen LogP contribution is -2.42. The van der Waals surface area contributed by atoms with E-state index in [1.165, 1.54) is 26.3 Å². The van der Waals surface area contributed by atoms with Gasteiger partial charge in [0.2, 0.25) is 6.79 Å². The molecule has 0 saturated heterocycles. The van der Waals surface area contributed by atoms with E-state index in [2.05, 4.69) is 4.98 Å². The third-order valence-corrected chi connectivity index (χ3v) is 7.31. The summed E-state index contributed by atoms with van der Waals surface area (Å²) in [6, 6.07) is 18.7. The molecule has 2 aromatic carbocycles. The average molecular weight is 638 g/mol. The normalized spacial score (nSPS) is 13.4. The molecule has 0 amide bonds. The topological polar surface area (TPSA) is 129 Å². The maximum absolute atomic E-state index is 13.4. The molecule has 0 N–H and O–H groups in total. The molecule has 0 aliphatic heterocycles. The molecule has 1 aromatic heterocycles. The Morgan fingerprint density at radius 3 is 2.22 bits per heavy atom. The van der Waals surface area contributed by atoms with Crippen molar-refractivity contribution in [2.75, 3.05) is 34.7 Å². The van der Waals surface area contributed by atoms with Gasteiger partial charge in [0.25, 0.3) is 0 Å². The number of nitrogens with zero attached hydrogens (tertiary/aromatic N) is 1. The highest BCUT2D eigenvalue weighted by molar-refractivity contribution is 5.99. The van der Waals surface area contributed by atoms with Gasteiger partial charge in [-0.25, -0.2) is 4.98 Å². The van der Waals surface area contributed by atoms with E-state index in [1.807, 2.05) is 54.6 Å². The second kappa shape index (κ2) is 18.4. The Bertz CT molecular complexity index is 1400. The third kappa shape index (κ3) is 10.8. The van der Waals surface area contributed by atoms with Gasteiger partial charge in [-0.2, -0.15) is 0 Å². The largest absolute Gasteiger partial charge is 0.497 e. The van der Waals surface area contributed by atoms with Crippen LogP contribution in [0.4, 0.5) is 0 Å². The number of carbonyl (C=O) groups excluding carboxylic acids is 3. The SMILES string of the molecule is COCC[C@H](Cc1ccc(OC)cc1)[C@@H](Oc1ccccc1)[C@H](C)OC(=O)[C@H](C)CC(=O)c1nccc(OC)c1OCOC(C)=O. The summed E-state index contributed by atoms with van der Waals surface area (Å²) in [4.78, 5) is 42.1. The summed E-state index contributed by atoms with van der Waals surface area (Å²) < 4.78 is 38.8. The number of carbonyl (C=O) groups is 3. The highest BCUT2D eigenvalue weighted by Gasteiger charge is 2.33. The molecule has 1 heterocycles. The lowest BCUT2D eigenvalue weighted by molar-refractivity contribution is -0.159. The molecular formula is C35H43NO10. The molecule has 0 bridgehead atoms. The minimum Gasteiger partial charge on any atom is -0.497 e. The first kappa shape index (κ1) is 35.8. The minimum absolute atomic E-state index is 0.0148. The Labute approximate surface area is 270 Å². The Hall–Kier alpha value is -4.64. The summed E-state index contributed by atoms with van der Waals surface area (Å²) in [5.74, 6) is -0.856. The van der Waals surface area contributed by atoms with Gasteiger partial charge in [0.1, 0.15) is 23.7 Å². The number of rotatable bonds is 19. The number of benzene rings is 2. The van der Waals surface area contributed by atoms with Crippen LogP contribution >= 0.6 is 0 Å². The van der Waals surface area contributed by atoms with Crippen molar-refractivity contribution in [3.05, 3.63) is 78.1 Å². The van der Waals surface area contributed by atoms with Crippen molar-refractivity contribution in [2.45, 2.75) is 52.2 Å². The number of esters is 2. The van der Waals surface area contributed by atoms with Crippen LogP contribution < -0.4 is 18.9 Å². The van der Waals surface area contributed by atoms with Crippen LogP contribution in [0.15, 0.2) is 66.9 Å². The van der Waals surface area contributed by atoms with Gasteiger partial charge in [-0.3, -0.25) is 14.4 Å². The van der Waals surface area contributed by atoms with Crippen LogP contribution in [-0.4, -0.2) is 69.6 Å². The molecule has 3 aromatic rings. The predicted molar refractivity (Wildman–Crippen MR) is 169 cm³/mol. The first-order valence-electron chi connectivity index (χ1n) is 15.0. The molecule has 11 nitrogen and oxygen atoms in total. The molecule has 0 fully saturated rings. The van der Waals surface area contributed by atoms with Crippen LogP contribution in [0.3, 0.4) is 0 Å². The van der Waals surface area contributed by atoms with Crippen LogP contribution in [0.25, 0.3) is 0 Å². The number of aromatic nitrogens is 1. The first-order valence-corrected chi connectivity index (χ1v) is 15.0. The van der Waals surface area contributed by atoms with Crippen molar-refractivity contribution in [3.8, 4) is 23.0 Å². The molecule has 11 heteroatoms. The number of pyridine rings is 1. The summed E-state index contributed by atoms with van der Waals surface area (Å²) >= 11 is 0. The molecule has 0 aliphatic rings. The maximum Gasteiger partial charge on any atom is 0.309 e. The molecule has 0 saturated carbocycles. The summed E-state index contributed by atoms with van der Waals surface area (Å²) in [7, 11) is 4.67. The van der Waals surface area contributed by atoms with Gasteiger partial charge in [0, 0.05) is 45.2 Å². The lowest BCUT2D eigenvalue weighted by atomic mass is 9.88. The quantitative estimate of drug-likeness (QED) is 0.0941. The van der Waals surface area contributed by atoms with E-state index in [-0.39, 0.29) is 29.5 Å². The fourth-order valence-electron chi connectivity index (χ4n) is 4.87. The van der Waals surface area contributed by atoms with Crippen molar-refractivity contribution in [2.24, 2.45) is 11.8 Å². The zero-order valence-corrected chi connectivity index (χ0v) is 27.2. The van der Waals surface area contributed by atoms with Gasteiger partial charge in [-0.05, 0) is 49.6 Å². The fraction of sp³-hybridized carbons (Fsp3) is 0.429. The smallest absolute Gasteiger partial charge is 0.309 e. The fourth-order valence-corrected chi connectivity index (χ4v) is 4.87. The average Bonchev–Trinajstić information content (AvgIpc) is 3.06. The highest BCUT2D eigenvalue weighted by atomic mass is 16.7. The summed E-state index contributed by atoms with van der Waals surface area (Å²) in [5.41, 5.74) is 1.02. The number of ether oxygens (including phenoxy) is 7. The van der Waals surface area contributed by atoms with Crippen LogP contribution in [0.1, 0.15) is 49.7 Å². The number of hydrogen-bond donors (Lipinski definition) is 0. The maximum atomic E-state index is 13.4. The van der Waals surface area contributed by atoms with E-state index in [9.17, 15) is 14.4 Å². The summed E-state index contributed by atoms with van der Waals surface area (Å²) in [5, 5.41) is 0. The lowest BCUT2D eigenvalue weighted by Gasteiger charge is -2.33. The Kier molecular flexibility index (Phi) is 14.3. The molecule has 0 spiro atoms. The number of methoxy groups -OCH3 is 3. The van der Waals surface area contributed by atoms with Crippen LogP contribution in [0.5, 0.6) is 23.0 Å². The van der Waals surface area contributed by atoms with Gasteiger partial charge in [0.05, 0.1) is 20.1 Å². The third-order valence-electron chi connectivity index (χ3n) is 7.31. The van der Waals surface area contributed by atoms with E-state index < -0.39 is 42.6 Å². The molecule has 0 aliphatic carbocycles. The standard InChI is InChI=1S/C35H43NO10/c1-23(20-30(38)32-34(44-22-43-25(3)37)31(42-6)16-18-36-32)35(39)45-24(2)33(46-29-10-8-7-9-11-29)27(17-19-40-4)21-26-12-14-28(41-5)15-13-26/h7-16,18,23-24,27,33H,17,19-22H2,1-6H3/t23-,24+,27-,33+/m1/s1. The number of para-hydroxylation sites is 1. The van der Waals surface area contributed by atoms with E-state index in [0.29, 0.717) is 25.2 Å².